The summed E-state index contributed by atoms with van der Waals surface area (Å²) in [6.07, 6.45) is 0.135. The zero-order valence-electron chi connectivity index (χ0n) is 31.6. The third-order valence-corrected chi connectivity index (χ3v) is 12.8. The molecule has 1 amide bonds. The Morgan fingerprint density at radius 2 is 1.62 bits per heavy atom. The standard InChI is InChI=1S/C40H48N4O10S/c1-7-53-55(52,54-8-2)39(42-24-12-10-9-11-13-24)22-16-14-21(15-17-22)25-20-28(43(3)4)26-18-23-19-27-32(44(5)6)35(47)31(38(41)50)37(49)40(27,51)36(48)29(23)34(46)30(26)33(25)45/h9-17,20,23,27,32,39,42,45-46,49,51-52H,7-8,18-19H2,1-6H3,(H2,41,50)/t23-,27-,32?,39?,40-/m0/s1. The van der Waals surface area contributed by atoms with Crippen molar-refractivity contribution in [2.75, 3.05) is 51.6 Å². The number of Topliss-reactive ketones (excluding diaryl/α,β-unsaturated/α-hetero) is 2. The summed E-state index contributed by atoms with van der Waals surface area (Å²) in [6.45, 7) is 3.93. The van der Waals surface area contributed by atoms with E-state index in [0.29, 0.717) is 27.9 Å². The van der Waals surface area contributed by atoms with Crippen LogP contribution >= 0.6 is 10.9 Å². The number of phenolic OH excluding ortho intramolecular Hbond substituents is 1. The molecule has 0 aliphatic heterocycles. The van der Waals surface area contributed by atoms with E-state index in [1.54, 1.807) is 58.3 Å². The van der Waals surface area contributed by atoms with Crippen molar-refractivity contribution in [1.82, 2.24) is 4.90 Å². The molecule has 3 aromatic carbocycles. The molecule has 1 fully saturated rings. The van der Waals surface area contributed by atoms with Crippen LogP contribution in [0.2, 0.25) is 0 Å². The summed E-state index contributed by atoms with van der Waals surface area (Å²) in [5.41, 5.74) is 5.00. The van der Waals surface area contributed by atoms with Gasteiger partial charge in [-0.25, -0.2) is 0 Å². The van der Waals surface area contributed by atoms with Crippen molar-refractivity contribution in [2.45, 2.75) is 43.7 Å². The van der Waals surface area contributed by atoms with Crippen LogP contribution in [0.3, 0.4) is 0 Å². The molecular formula is C40H48N4O10S. The average Bonchev–Trinajstić information content (AvgIpc) is 3.12. The molecule has 0 saturated heterocycles. The second-order valence-corrected chi connectivity index (χ2v) is 16.3. The lowest BCUT2D eigenvalue weighted by Gasteiger charge is -2.50. The predicted molar refractivity (Wildman–Crippen MR) is 210 cm³/mol. The first kappa shape index (κ1) is 39.8. The first-order valence-corrected chi connectivity index (χ1v) is 19.5. The Hall–Kier alpha value is -4.90. The molecule has 5 atom stereocenters. The summed E-state index contributed by atoms with van der Waals surface area (Å²) < 4.78 is 23.3. The van der Waals surface area contributed by atoms with E-state index in [1.807, 2.05) is 49.3 Å². The van der Waals surface area contributed by atoms with Crippen LogP contribution in [0.25, 0.3) is 16.9 Å². The maximum Gasteiger partial charge on any atom is 0.255 e. The number of benzene rings is 3. The number of anilines is 2. The lowest BCUT2D eigenvalue weighted by molar-refractivity contribution is -0.153. The Balaban J connectivity index is 1.47. The summed E-state index contributed by atoms with van der Waals surface area (Å²) in [5, 5.41) is 49.7. The maximum absolute atomic E-state index is 14.4. The number of rotatable bonds is 12. The van der Waals surface area contributed by atoms with E-state index >= 15 is 0 Å². The van der Waals surface area contributed by atoms with Crippen LogP contribution in [0, 0.1) is 11.8 Å². The Bertz CT molecular complexity index is 2080. The SMILES string of the molecule is CCOS(O)(OCC)C(Nc1ccccc1)c1ccc(-c2cc(N(C)C)c3c(c2O)C(O)=C2C(=O)[C@]4(O)C(O)=C(C(N)=O)C(=O)C(N(C)C)[C@@H]4C[C@@H]2C3)cc1. The summed E-state index contributed by atoms with van der Waals surface area (Å²) in [4.78, 5) is 43.5. The van der Waals surface area contributed by atoms with Crippen LogP contribution in [0.5, 0.6) is 5.75 Å². The number of ketones is 2. The highest BCUT2D eigenvalue weighted by molar-refractivity contribution is 8.21. The van der Waals surface area contributed by atoms with Crippen molar-refractivity contribution >= 4 is 45.5 Å². The number of aliphatic hydroxyl groups is 3. The van der Waals surface area contributed by atoms with Gasteiger partial charge < -0.3 is 40.9 Å². The average molecular weight is 777 g/mol. The number of likely N-dealkylation sites (N-methyl/N-ethyl adjacent to an activating group) is 1. The van der Waals surface area contributed by atoms with Gasteiger partial charge in [0.05, 0.1) is 24.8 Å². The van der Waals surface area contributed by atoms with Crippen LogP contribution in [-0.2, 0) is 29.2 Å². The van der Waals surface area contributed by atoms with Crippen LogP contribution in [0.1, 0.15) is 42.3 Å². The van der Waals surface area contributed by atoms with Gasteiger partial charge in [-0.15, -0.1) is 0 Å². The summed E-state index contributed by atoms with van der Waals surface area (Å²) in [5.74, 6) is -7.12. The minimum Gasteiger partial charge on any atom is -0.508 e. The summed E-state index contributed by atoms with van der Waals surface area (Å²) in [7, 11) is 3.60. The Kier molecular flexibility index (Phi) is 10.8. The van der Waals surface area contributed by atoms with Crippen LogP contribution < -0.4 is 16.0 Å². The number of aliphatic hydroxyl groups excluding tert-OH is 2. The number of fused-ring (bicyclic) bond motifs is 3. The van der Waals surface area contributed by atoms with Gasteiger partial charge in [-0.3, -0.25) is 27.6 Å². The highest BCUT2D eigenvalue weighted by Gasteiger charge is 2.64. The third-order valence-electron chi connectivity index (χ3n) is 10.6. The second-order valence-electron chi connectivity index (χ2n) is 14.3. The van der Waals surface area contributed by atoms with Gasteiger partial charge in [0.15, 0.2) is 16.8 Å². The molecule has 55 heavy (non-hydrogen) atoms. The number of nitrogens with zero attached hydrogens (tertiary/aromatic N) is 2. The lowest BCUT2D eigenvalue weighted by Crippen LogP contribution is -2.65. The number of nitrogens with two attached hydrogens (primary N) is 1. The minimum absolute atomic E-state index is 0.0153. The molecule has 0 heterocycles. The van der Waals surface area contributed by atoms with E-state index in [4.69, 9.17) is 14.1 Å². The van der Waals surface area contributed by atoms with Gasteiger partial charge in [0.2, 0.25) is 5.78 Å². The number of primary amides is 1. The molecule has 3 aromatic rings. The molecule has 0 radical (unpaired) electrons. The number of nitrogens with one attached hydrogen (secondary N) is 1. The predicted octanol–water partition coefficient (Wildman–Crippen LogP) is 4.99. The zero-order chi connectivity index (χ0) is 40.1. The topological polar surface area (TPSA) is 215 Å². The van der Waals surface area contributed by atoms with Crippen molar-refractivity contribution in [3.05, 3.63) is 94.3 Å². The fourth-order valence-corrected chi connectivity index (χ4v) is 10.1. The molecule has 1 saturated carbocycles. The van der Waals surface area contributed by atoms with E-state index in [1.165, 1.54) is 4.90 Å². The van der Waals surface area contributed by atoms with E-state index in [-0.39, 0.29) is 42.9 Å². The fourth-order valence-electron chi connectivity index (χ4n) is 8.27. The molecule has 0 bridgehead atoms. The maximum atomic E-state index is 14.4. The molecule has 294 valence electrons. The second kappa shape index (κ2) is 15.0. The van der Waals surface area contributed by atoms with Gasteiger partial charge in [0, 0.05) is 42.5 Å². The van der Waals surface area contributed by atoms with Crippen molar-refractivity contribution in [3.8, 4) is 16.9 Å². The highest BCUT2D eigenvalue weighted by Crippen LogP contribution is 2.59. The number of carbonyl (C=O) groups is 3. The lowest BCUT2D eigenvalue weighted by atomic mass is 9.57. The van der Waals surface area contributed by atoms with Gasteiger partial charge in [-0.2, -0.15) is 0 Å². The zero-order valence-corrected chi connectivity index (χ0v) is 32.4. The number of carbonyl (C=O) groups excluding carboxylic acids is 3. The molecule has 3 aliphatic rings. The summed E-state index contributed by atoms with van der Waals surface area (Å²) in [6, 6.07) is 17.0. The molecule has 15 heteroatoms. The molecule has 0 spiro atoms. The van der Waals surface area contributed by atoms with Crippen molar-refractivity contribution < 1.29 is 47.7 Å². The smallest absolute Gasteiger partial charge is 0.255 e. The Morgan fingerprint density at radius 1 is 1.00 bits per heavy atom. The van der Waals surface area contributed by atoms with E-state index in [2.05, 4.69) is 5.32 Å². The van der Waals surface area contributed by atoms with Crippen LogP contribution in [-0.4, -0.2) is 100 Å². The number of aromatic hydroxyl groups is 1. The Morgan fingerprint density at radius 3 is 2.16 bits per heavy atom. The van der Waals surface area contributed by atoms with Gasteiger partial charge in [0.1, 0.15) is 33.7 Å². The first-order valence-electron chi connectivity index (χ1n) is 18.0. The van der Waals surface area contributed by atoms with Gasteiger partial charge in [-0.05, 0) is 81.6 Å². The number of hydrogen-bond acceptors (Lipinski definition) is 13. The molecule has 2 unspecified atom stereocenters. The number of para-hydroxylation sites is 1. The van der Waals surface area contributed by atoms with Crippen LogP contribution in [0.15, 0.2) is 77.6 Å². The molecule has 3 aliphatic carbocycles. The van der Waals surface area contributed by atoms with Crippen LogP contribution in [0.4, 0.5) is 11.4 Å². The quantitative estimate of drug-likeness (QED) is 0.121. The van der Waals surface area contributed by atoms with Crippen molar-refractivity contribution in [3.63, 3.8) is 0 Å². The van der Waals surface area contributed by atoms with E-state index in [0.717, 1.165) is 5.69 Å². The normalized spacial score (nSPS) is 23.3. The molecular weight excluding hydrogens is 729 g/mol. The highest BCUT2D eigenvalue weighted by atomic mass is 32.3. The van der Waals surface area contributed by atoms with Crippen molar-refractivity contribution in [2.24, 2.45) is 17.6 Å². The van der Waals surface area contributed by atoms with Crippen molar-refractivity contribution in [1.29, 1.82) is 0 Å². The Labute approximate surface area is 321 Å². The monoisotopic (exact) mass is 776 g/mol. The van der Waals surface area contributed by atoms with Gasteiger partial charge in [-0.1, -0.05) is 42.5 Å². The number of amides is 1. The molecule has 14 nitrogen and oxygen atoms in total. The first-order chi connectivity index (χ1) is 26.0. The third kappa shape index (κ3) is 6.54. The molecule has 8 N–H and O–H groups in total. The number of phenols is 1. The fraction of sp³-hybridized carbons (Fsp3) is 0.375. The van der Waals surface area contributed by atoms with Gasteiger partial charge in [0.25, 0.3) is 5.91 Å². The van der Waals surface area contributed by atoms with E-state index < -0.39 is 74.3 Å². The van der Waals surface area contributed by atoms with E-state index in [9.17, 15) is 39.4 Å². The number of hydrogen-bond donors (Lipinski definition) is 7. The molecule has 0 aromatic heterocycles. The summed E-state index contributed by atoms with van der Waals surface area (Å²) >= 11 is 0. The molecule has 6 rings (SSSR count). The largest absolute Gasteiger partial charge is 0.508 e. The minimum atomic E-state index is -3.13. The van der Waals surface area contributed by atoms with Gasteiger partial charge >= 0.3 is 0 Å².